The maximum atomic E-state index is 8.62. The largest absolute Gasteiger partial charge is 0.310 e. The molecule has 15 heavy (non-hydrogen) atoms. The molecule has 0 amide bonds. The number of nitriles is 1. The number of hydrogen-bond acceptors (Lipinski definition) is 3. The predicted molar refractivity (Wildman–Crippen MR) is 59.0 cm³/mol. The van der Waals surface area contributed by atoms with Crippen LogP contribution in [-0.4, -0.2) is 16.3 Å². The maximum absolute atomic E-state index is 8.62. The van der Waals surface area contributed by atoms with Gasteiger partial charge in [0.05, 0.1) is 17.7 Å². The summed E-state index contributed by atoms with van der Waals surface area (Å²) in [6.07, 6.45) is 2.91. The van der Waals surface area contributed by atoms with E-state index in [2.05, 4.69) is 23.4 Å². The van der Waals surface area contributed by atoms with Gasteiger partial charge in [-0.25, -0.2) is 0 Å². The van der Waals surface area contributed by atoms with E-state index in [1.54, 1.807) is 0 Å². The van der Waals surface area contributed by atoms with Crippen LogP contribution in [0.1, 0.15) is 26.0 Å². The monoisotopic (exact) mass is 206 g/mol. The molecular weight excluding hydrogens is 188 g/mol. The van der Waals surface area contributed by atoms with Crippen molar-refractivity contribution in [1.82, 2.24) is 15.1 Å². The van der Waals surface area contributed by atoms with E-state index in [4.69, 9.17) is 5.26 Å². The average molecular weight is 206 g/mol. The van der Waals surface area contributed by atoms with Gasteiger partial charge in [0.2, 0.25) is 0 Å². The van der Waals surface area contributed by atoms with Crippen molar-refractivity contribution in [2.75, 3.05) is 6.54 Å². The van der Waals surface area contributed by atoms with Crippen molar-refractivity contribution in [3.63, 3.8) is 0 Å². The maximum Gasteiger partial charge on any atom is 0.0666 e. The number of rotatable bonds is 6. The normalized spacial score (nSPS) is 12.3. The van der Waals surface area contributed by atoms with Gasteiger partial charge in [-0.05, 0) is 19.4 Å². The number of nitrogens with zero attached hydrogens (tertiary/aromatic N) is 3. The van der Waals surface area contributed by atoms with Crippen LogP contribution < -0.4 is 5.32 Å². The molecule has 0 aliphatic heterocycles. The van der Waals surface area contributed by atoms with Gasteiger partial charge in [0.1, 0.15) is 0 Å². The van der Waals surface area contributed by atoms with Crippen LogP contribution in [0.15, 0.2) is 12.3 Å². The van der Waals surface area contributed by atoms with Gasteiger partial charge in [-0.2, -0.15) is 10.4 Å². The van der Waals surface area contributed by atoms with E-state index in [-0.39, 0.29) is 5.92 Å². The Hall–Kier alpha value is -1.34. The molecular formula is C11H18N4. The Morgan fingerprint density at radius 2 is 2.47 bits per heavy atom. The molecule has 1 aromatic rings. The SMILES string of the molecule is CCCn1nccc1CNCC(C)C#N. The van der Waals surface area contributed by atoms with Gasteiger partial charge >= 0.3 is 0 Å². The van der Waals surface area contributed by atoms with Crippen LogP contribution in [0.2, 0.25) is 0 Å². The van der Waals surface area contributed by atoms with Crippen LogP contribution in [0.25, 0.3) is 0 Å². The minimum Gasteiger partial charge on any atom is -0.310 e. The van der Waals surface area contributed by atoms with Gasteiger partial charge in [0, 0.05) is 25.8 Å². The van der Waals surface area contributed by atoms with Gasteiger partial charge in [0.25, 0.3) is 0 Å². The summed E-state index contributed by atoms with van der Waals surface area (Å²) in [7, 11) is 0. The fourth-order valence-electron chi connectivity index (χ4n) is 1.39. The lowest BCUT2D eigenvalue weighted by atomic mass is 10.2. The van der Waals surface area contributed by atoms with Gasteiger partial charge in [-0.3, -0.25) is 4.68 Å². The number of aromatic nitrogens is 2. The zero-order valence-electron chi connectivity index (χ0n) is 9.40. The Balaban J connectivity index is 2.37. The lowest BCUT2D eigenvalue weighted by Crippen LogP contribution is -2.21. The van der Waals surface area contributed by atoms with Crippen LogP contribution in [-0.2, 0) is 13.1 Å². The molecule has 0 saturated carbocycles. The summed E-state index contributed by atoms with van der Waals surface area (Å²) >= 11 is 0. The standard InChI is InChI=1S/C11H18N4/c1-3-6-15-11(4-5-14-15)9-13-8-10(2)7-12/h4-5,10,13H,3,6,8-9H2,1-2H3. The first-order valence-electron chi connectivity index (χ1n) is 5.39. The lowest BCUT2D eigenvalue weighted by Gasteiger charge is -2.08. The van der Waals surface area contributed by atoms with Gasteiger partial charge in [0.15, 0.2) is 0 Å². The van der Waals surface area contributed by atoms with E-state index < -0.39 is 0 Å². The Kier molecular flexibility index (Phi) is 4.85. The van der Waals surface area contributed by atoms with Crippen LogP contribution in [0.4, 0.5) is 0 Å². The van der Waals surface area contributed by atoms with E-state index in [0.29, 0.717) is 0 Å². The number of hydrogen-bond donors (Lipinski definition) is 1. The Labute approximate surface area is 90.9 Å². The van der Waals surface area contributed by atoms with Crippen molar-refractivity contribution in [2.45, 2.75) is 33.4 Å². The molecule has 1 unspecified atom stereocenters. The van der Waals surface area contributed by atoms with Gasteiger partial charge in [-0.1, -0.05) is 6.92 Å². The van der Waals surface area contributed by atoms with Crippen LogP contribution in [0.3, 0.4) is 0 Å². The summed E-state index contributed by atoms with van der Waals surface area (Å²) in [5, 5.41) is 16.1. The van der Waals surface area contributed by atoms with Crippen LogP contribution in [0.5, 0.6) is 0 Å². The minimum atomic E-state index is 0.0625. The highest BCUT2D eigenvalue weighted by Crippen LogP contribution is 2.00. The quantitative estimate of drug-likeness (QED) is 0.768. The van der Waals surface area contributed by atoms with Crippen molar-refractivity contribution in [2.24, 2.45) is 5.92 Å². The van der Waals surface area contributed by atoms with E-state index in [0.717, 1.165) is 26.1 Å². The molecule has 0 saturated heterocycles. The Morgan fingerprint density at radius 1 is 1.67 bits per heavy atom. The molecule has 4 heteroatoms. The highest BCUT2D eigenvalue weighted by atomic mass is 15.3. The molecule has 0 fully saturated rings. The zero-order valence-corrected chi connectivity index (χ0v) is 9.40. The average Bonchev–Trinajstić information content (AvgIpc) is 2.66. The van der Waals surface area contributed by atoms with E-state index in [9.17, 15) is 0 Å². The van der Waals surface area contributed by atoms with E-state index in [1.807, 2.05) is 23.9 Å². The number of nitrogens with one attached hydrogen (secondary N) is 1. The van der Waals surface area contributed by atoms with Gasteiger partial charge < -0.3 is 5.32 Å². The van der Waals surface area contributed by atoms with Crippen LogP contribution in [0, 0.1) is 17.2 Å². The lowest BCUT2D eigenvalue weighted by molar-refractivity contribution is 0.534. The molecule has 1 N–H and O–H groups in total. The van der Waals surface area contributed by atoms with Crippen molar-refractivity contribution < 1.29 is 0 Å². The smallest absolute Gasteiger partial charge is 0.0666 e. The third-order valence-electron chi connectivity index (χ3n) is 2.22. The summed E-state index contributed by atoms with van der Waals surface area (Å²) in [6, 6.07) is 4.21. The summed E-state index contributed by atoms with van der Waals surface area (Å²) in [4.78, 5) is 0. The molecule has 1 rings (SSSR count). The summed E-state index contributed by atoms with van der Waals surface area (Å²) in [5.41, 5.74) is 1.18. The fraction of sp³-hybridized carbons (Fsp3) is 0.636. The summed E-state index contributed by atoms with van der Waals surface area (Å²) < 4.78 is 2.00. The second kappa shape index (κ2) is 6.20. The first kappa shape index (κ1) is 11.7. The molecule has 4 nitrogen and oxygen atoms in total. The molecule has 1 heterocycles. The molecule has 1 atom stereocenters. The molecule has 1 aromatic heterocycles. The van der Waals surface area contributed by atoms with Crippen molar-refractivity contribution in [1.29, 1.82) is 5.26 Å². The Bertz CT molecular complexity index is 324. The second-order valence-electron chi connectivity index (χ2n) is 3.71. The number of aryl methyl sites for hydroxylation is 1. The molecule has 0 radical (unpaired) electrons. The first-order chi connectivity index (χ1) is 7.27. The van der Waals surface area contributed by atoms with E-state index in [1.165, 1.54) is 5.69 Å². The van der Waals surface area contributed by atoms with Crippen molar-refractivity contribution in [3.8, 4) is 6.07 Å². The summed E-state index contributed by atoms with van der Waals surface area (Å²) in [6.45, 7) is 6.52. The fourth-order valence-corrected chi connectivity index (χ4v) is 1.39. The third kappa shape index (κ3) is 3.72. The Morgan fingerprint density at radius 3 is 3.13 bits per heavy atom. The molecule has 0 aliphatic carbocycles. The third-order valence-corrected chi connectivity index (χ3v) is 2.22. The topological polar surface area (TPSA) is 53.6 Å². The predicted octanol–water partition coefficient (Wildman–Crippen LogP) is 1.54. The molecule has 0 aliphatic rings. The molecule has 0 spiro atoms. The molecule has 0 aromatic carbocycles. The molecule has 82 valence electrons. The minimum absolute atomic E-state index is 0.0625. The van der Waals surface area contributed by atoms with Crippen molar-refractivity contribution >= 4 is 0 Å². The second-order valence-corrected chi connectivity index (χ2v) is 3.71. The summed E-state index contributed by atoms with van der Waals surface area (Å²) in [5.74, 6) is 0.0625. The van der Waals surface area contributed by atoms with Gasteiger partial charge in [-0.15, -0.1) is 0 Å². The zero-order chi connectivity index (χ0) is 11.1. The highest BCUT2D eigenvalue weighted by molar-refractivity contribution is 5.00. The first-order valence-corrected chi connectivity index (χ1v) is 5.39. The molecule has 0 bridgehead atoms. The van der Waals surface area contributed by atoms with E-state index >= 15 is 0 Å². The van der Waals surface area contributed by atoms with Crippen molar-refractivity contribution in [3.05, 3.63) is 18.0 Å². The highest BCUT2D eigenvalue weighted by Gasteiger charge is 2.02. The van der Waals surface area contributed by atoms with Crippen LogP contribution >= 0.6 is 0 Å².